The quantitative estimate of drug-likeness (QED) is 0.708. The number of carboxylic acids is 1. The molecule has 2 rings (SSSR count). The van der Waals surface area contributed by atoms with Crippen molar-refractivity contribution in [2.24, 2.45) is 0 Å². The van der Waals surface area contributed by atoms with E-state index < -0.39 is 5.97 Å². The SMILES string of the molecule is CC(C)N1C[C@H](OCc2ccccc2)C[C@H]1COCCC(=O)O. The molecule has 1 N–H and O–H groups in total. The minimum atomic E-state index is -0.818. The zero-order valence-electron chi connectivity index (χ0n) is 14.0. The van der Waals surface area contributed by atoms with Crippen LogP contribution in [-0.4, -0.2) is 53.9 Å². The highest BCUT2D eigenvalue weighted by atomic mass is 16.5. The fraction of sp³-hybridized carbons (Fsp3) is 0.611. The summed E-state index contributed by atoms with van der Waals surface area (Å²) in [7, 11) is 0. The molecule has 1 aliphatic rings. The topological polar surface area (TPSA) is 59.0 Å². The molecule has 0 radical (unpaired) electrons. The first kappa shape index (κ1) is 17.9. The number of benzene rings is 1. The summed E-state index contributed by atoms with van der Waals surface area (Å²) in [4.78, 5) is 12.9. The van der Waals surface area contributed by atoms with Gasteiger partial charge in [-0.15, -0.1) is 0 Å². The van der Waals surface area contributed by atoms with Crippen LogP contribution in [0, 0.1) is 0 Å². The highest BCUT2D eigenvalue weighted by molar-refractivity contribution is 5.66. The standard InChI is InChI=1S/C18H27NO4/c1-14(2)19-11-17(23-12-15-6-4-3-5-7-15)10-16(19)13-22-9-8-18(20)21/h3-7,14,16-17H,8-13H2,1-2H3,(H,20,21)/t16-,17+/m0/s1. The van der Waals surface area contributed by atoms with E-state index in [0.717, 1.165) is 13.0 Å². The maximum Gasteiger partial charge on any atom is 0.305 e. The lowest BCUT2D eigenvalue weighted by molar-refractivity contribution is -0.138. The molecule has 0 unspecified atom stereocenters. The number of hydrogen-bond donors (Lipinski definition) is 1. The average Bonchev–Trinajstić information content (AvgIpc) is 2.94. The summed E-state index contributed by atoms with van der Waals surface area (Å²) in [6.07, 6.45) is 1.19. The predicted octanol–water partition coefficient (Wildman–Crippen LogP) is 2.55. The molecule has 0 aromatic heterocycles. The first-order valence-corrected chi connectivity index (χ1v) is 8.27. The monoisotopic (exact) mass is 321 g/mol. The van der Waals surface area contributed by atoms with Gasteiger partial charge in [-0.2, -0.15) is 0 Å². The van der Waals surface area contributed by atoms with Gasteiger partial charge in [0.05, 0.1) is 32.3 Å². The summed E-state index contributed by atoms with van der Waals surface area (Å²) in [6.45, 7) is 6.71. The van der Waals surface area contributed by atoms with Crippen molar-refractivity contribution in [2.75, 3.05) is 19.8 Å². The molecule has 0 bridgehead atoms. The van der Waals surface area contributed by atoms with E-state index in [0.29, 0.717) is 25.3 Å². The summed E-state index contributed by atoms with van der Waals surface area (Å²) in [6, 6.07) is 10.9. The van der Waals surface area contributed by atoms with Gasteiger partial charge in [-0.05, 0) is 25.8 Å². The van der Waals surface area contributed by atoms with Gasteiger partial charge in [0, 0.05) is 18.6 Å². The highest BCUT2D eigenvalue weighted by Gasteiger charge is 2.34. The van der Waals surface area contributed by atoms with E-state index in [1.54, 1.807) is 0 Å². The van der Waals surface area contributed by atoms with Crippen molar-refractivity contribution >= 4 is 5.97 Å². The largest absolute Gasteiger partial charge is 0.481 e. The Balaban J connectivity index is 1.78. The zero-order chi connectivity index (χ0) is 16.7. The lowest BCUT2D eigenvalue weighted by Crippen LogP contribution is -2.38. The molecule has 0 aliphatic carbocycles. The van der Waals surface area contributed by atoms with Crippen LogP contribution in [0.2, 0.25) is 0 Å². The molecular weight excluding hydrogens is 294 g/mol. The fourth-order valence-electron chi connectivity index (χ4n) is 2.98. The molecule has 1 aromatic carbocycles. The Morgan fingerprint density at radius 1 is 1.35 bits per heavy atom. The normalized spacial score (nSPS) is 21.9. The molecule has 2 atom stereocenters. The Bertz CT molecular complexity index is 477. The number of rotatable bonds is 9. The second kappa shape index (κ2) is 9.01. The van der Waals surface area contributed by atoms with Crippen LogP contribution in [-0.2, 0) is 20.9 Å². The second-order valence-electron chi connectivity index (χ2n) is 6.32. The minimum Gasteiger partial charge on any atom is -0.481 e. The third-order valence-corrected chi connectivity index (χ3v) is 4.18. The highest BCUT2D eigenvalue weighted by Crippen LogP contribution is 2.24. The van der Waals surface area contributed by atoms with Crippen LogP contribution in [0.15, 0.2) is 30.3 Å². The predicted molar refractivity (Wildman–Crippen MR) is 88.3 cm³/mol. The maximum atomic E-state index is 10.5. The minimum absolute atomic E-state index is 0.0579. The van der Waals surface area contributed by atoms with E-state index in [1.807, 2.05) is 18.2 Å². The Labute approximate surface area is 138 Å². The number of aliphatic carboxylic acids is 1. The Hall–Kier alpha value is -1.43. The fourth-order valence-corrected chi connectivity index (χ4v) is 2.98. The summed E-state index contributed by atoms with van der Waals surface area (Å²) in [5.74, 6) is -0.818. The number of carboxylic acid groups (broad SMARTS) is 1. The molecule has 0 saturated carbocycles. The van der Waals surface area contributed by atoms with Crippen molar-refractivity contribution < 1.29 is 19.4 Å². The second-order valence-corrected chi connectivity index (χ2v) is 6.32. The van der Waals surface area contributed by atoms with Gasteiger partial charge in [0.15, 0.2) is 0 Å². The molecule has 5 heteroatoms. The van der Waals surface area contributed by atoms with Crippen LogP contribution >= 0.6 is 0 Å². The Morgan fingerprint density at radius 2 is 2.09 bits per heavy atom. The molecular formula is C18H27NO4. The van der Waals surface area contributed by atoms with Crippen LogP contribution in [0.5, 0.6) is 0 Å². The Kier molecular flexibility index (Phi) is 7.02. The first-order chi connectivity index (χ1) is 11.1. The van der Waals surface area contributed by atoms with Crippen molar-refractivity contribution in [1.82, 2.24) is 4.90 Å². The molecule has 1 aromatic rings. The van der Waals surface area contributed by atoms with Crippen LogP contribution in [0.25, 0.3) is 0 Å². The molecule has 1 fully saturated rings. The molecule has 5 nitrogen and oxygen atoms in total. The lowest BCUT2D eigenvalue weighted by Gasteiger charge is -2.27. The van der Waals surface area contributed by atoms with E-state index in [1.165, 1.54) is 5.56 Å². The summed E-state index contributed by atoms with van der Waals surface area (Å²) >= 11 is 0. The Morgan fingerprint density at radius 3 is 2.74 bits per heavy atom. The summed E-state index contributed by atoms with van der Waals surface area (Å²) in [5, 5.41) is 8.66. The molecule has 1 saturated heterocycles. The van der Waals surface area contributed by atoms with Gasteiger partial charge < -0.3 is 14.6 Å². The van der Waals surface area contributed by atoms with Gasteiger partial charge in [-0.25, -0.2) is 0 Å². The molecule has 0 spiro atoms. The first-order valence-electron chi connectivity index (χ1n) is 8.27. The maximum absolute atomic E-state index is 10.5. The smallest absolute Gasteiger partial charge is 0.305 e. The molecule has 128 valence electrons. The lowest BCUT2D eigenvalue weighted by atomic mass is 10.2. The van der Waals surface area contributed by atoms with Gasteiger partial charge in [0.2, 0.25) is 0 Å². The van der Waals surface area contributed by atoms with Crippen LogP contribution in [0.3, 0.4) is 0 Å². The average molecular weight is 321 g/mol. The van der Waals surface area contributed by atoms with Crippen molar-refractivity contribution in [3.63, 3.8) is 0 Å². The number of ether oxygens (including phenoxy) is 2. The van der Waals surface area contributed by atoms with E-state index in [2.05, 4.69) is 30.9 Å². The van der Waals surface area contributed by atoms with Crippen LogP contribution in [0.4, 0.5) is 0 Å². The van der Waals surface area contributed by atoms with Gasteiger partial charge in [-0.1, -0.05) is 30.3 Å². The van der Waals surface area contributed by atoms with Crippen molar-refractivity contribution in [3.05, 3.63) is 35.9 Å². The summed E-state index contributed by atoms with van der Waals surface area (Å²) in [5.41, 5.74) is 1.18. The van der Waals surface area contributed by atoms with Crippen LogP contribution in [0.1, 0.15) is 32.3 Å². The van der Waals surface area contributed by atoms with Crippen molar-refractivity contribution in [3.8, 4) is 0 Å². The zero-order valence-corrected chi connectivity index (χ0v) is 14.0. The molecule has 23 heavy (non-hydrogen) atoms. The van der Waals surface area contributed by atoms with E-state index in [4.69, 9.17) is 14.6 Å². The van der Waals surface area contributed by atoms with Crippen molar-refractivity contribution in [1.29, 1.82) is 0 Å². The third-order valence-electron chi connectivity index (χ3n) is 4.18. The molecule has 1 heterocycles. The van der Waals surface area contributed by atoms with Gasteiger partial charge >= 0.3 is 5.97 Å². The van der Waals surface area contributed by atoms with Crippen LogP contribution < -0.4 is 0 Å². The van der Waals surface area contributed by atoms with Gasteiger partial charge in [0.25, 0.3) is 0 Å². The van der Waals surface area contributed by atoms with Gasteiger partial charge in [-0.3, -0.25) is 9.69 Å². The van der Waals surface area contributed by atoms with Gasteiger partial charge in [0.1, 0.15) is 0 Å². The number of hydrogen-bond acceptors (Lipinski definition) is 4. The van der Waals surface area contributed by atoms with E-state index in [9.17, 15) is 4.79 Å². The molecule has 1 aliphatic heterocycles. The molecule has 0 amide bonds. The van der Waals surface area contributed by atoms with Crippen molar-refractivity contribution in [2.45, 2.75) is 51.5 Å². The van der Waals surface area contributed by atoms with E-state index in [-0.39, 0.29) is 19.1 Å². The summed E-state index contributed by atoms with van der Waals surface area (Å²) < 4.78 is 11.6. The number of carbonyl (C=O) groups is 1. The number of likely N-dealkylation sites (tertiary alicyclic amines) is 1. The third kappa shape index (κ3) is 5.94. The van der Waals surface area contributed by atoms with E-state index >= 15 is 0 Å². The number of nitrogens with zero attached hydrogens (tertiary/aromatic N) is 1.